The highest BCUT2D eigenvalue weighted by atomic mass is 32.1. The summed E-state index contributed by atoms with van der Waals surface area (Å²) in [4.78, 5) is 35.3. The van der Waals surface area contributed by atoms with Crippen LogP contribution in [0.1, 0.15) is 31.0 Å². The van der Waals surface area contributed by atoms with Crippen LogP contribution < -0.4 is 14.9 Å². The van der Waals surface area contributed by atoms with Crippen molar-refractivity contribution in [1.82, 2.24) is 9.55 Å². The molecule has 0 radical (unpaired) electrons. The molecule has 2 aromatic heterocycles. The number of carbonyl (C=O) groups excluding carboxylic acids is 1. The van der Waals surface area contributed by atoms with Crippen molar-refractivity contribution in [1.29, 1.82) is 0 Å². The molecule has 146 valence electrons. The van der Waals surface area contributed by atoms with Crippen molar-refractivity contribution in [2.75, 3.05) is 6.61 Å². The lowest BCUT2D eigenvalue weighted by molar-refractivity contribution is -0.139. The zero-order chi connectivity index (χ0) is 20.4. The van der Waals surface area contributed by atoms with E-state index in [-0.39, 0.29) is 12.2 Å². The number of fused-ring (bicyclic) bond motifs is 1. The maximum atomic E-state index is 13.3. The fraction of sp³-hybridized carbons (Fsp3) is 0.182. The number of allylic oxidation sites excluding steroid dienone is 1. The summed E-state index contributed by atoms with van der Waals surface area (Å²) in [6, 6.07) is 12.6. The summed E-state index contributed by atoms with van der Waals surface area (Å²) in [5.41, 5.74) is 2.42. The van der Waals surface area contributed by atoms with Crippen LogP contribution in [0.4, 0.5) is 0 Å². The van der Waals surface area contributed by atoms with Crippen LogP contribution in [-0.4, -0.2) is 22.1 Å². The van der Waals surface area contributed by atoms with Gasteiger partial charge in [-0.2, -0.15) is 0 Å². The predicted molar refractivity (Wildman–Crippen MR) is 111 cm³/mol. The average Bonchev–Trinajstić information content (AvgIpc) is 3.03. The van der Waals surface area contributed by atoms with Gasteiger partial charge in [-0.3, -0.25) is 14.3 Å². The number of thiazole rings is 1. The van der Waals surface area contributed by atoms with Gasteiger partial charge in [0, 0.05) is 12.4 Å². The van der Waals surface area contributed by atoms with Crippen LogP contribution in [-0.2, 0) is 9.53 Å². The Hall–Kier alpha value is -3.32. The summed E-state index contributed by atoms with van der Waals surface area (Å²) in [6.07, 6.45) is 5.17. The number of nitrogens with zero attached hydrogens (tertiary/aromatic N) is 3. The van der Waals surface area contributed by atoms with Gasteiger partial charge in [-0.25, -0.2) is 9.79 Å². The normalized spacial score (nSPS) is 16.3. The van der Waals surface area contributed by atoms with E-state index in [4.69, 9.17) is 4.74 Å². The van der Waals surface area contributed by atoms with E-state index in [2.05, 4.69) is 9.98 Å². The molecule has 3 aromatic rings. The fourth-order valence-electron chi connectivity index (χ4n) is 3.35. The minimum atomic E-state index is -0.581. The van der Waals surface area contributed by atoms with Gasteiger partial charge in [-0.15, -0.1) is 0 Å². The van der Waals surface area contributed by atoms with E-state index < -0.39 is 12.0 Å². The van der Waals surface area contributed by atoms with Gasteiger partial charge in [0.2, 0.25) is 0 Å². The molecule has 0 bridgehead atoms. The van der Waals surface area contributed by atoms with Gasteiger partial charge < -0.3 is 4.74 Å². The third-order valence-electron chi connectivity index (χ3n) is 4.61. The van der Waals surface area contributed by atoms with E-state index in [0.717, 1.165) is 11.1 Å². The summed E-state index contributed by atoms with van der Waals surface area (Å²) in [5.74, 6) is -0.454. The quantitative estimate of drug-likeness (QED) is 0.624. The molecule has 1 aromatic carbocycles. The second-order valence-corrected chi connectivity index (χ2v) is 7.51. The minimum absolute atomic E-state index is 0.194. The minimum Gasteiger partial charge on any atom is -0.463 e. The molecule has 3 heterocycles. The Balaban J connectivity index is 1.96. The van der Waals surface area contributed by atoms with Gasteiger partial charge in [0.15, 0.2) is 4.80 Å². The summed E-state index contributed by atoms with van der Waals surface area (Å²) >= 11 is 1.30. The van der Waals surface area contributed by atoms with Crippen LogP contribution in [0.2, 0.25) is 0 Å². The Bertz CT molecular complexity index is 1260. The maximum Gasteiger partial charge on any atom is 0.338 e. The maximum absolute atomic E-state index is 13.3. The number of ether oxygens (including phenoxy) is 1. The molecule has 0 fully saturated rings. The molecule has 1 atom stereocenters. The van der Waals surface area contributed by atoms with Crippen LogP contribution in [0.5, 0.6) is 0 Å². The lowest BCUT2D eigenvalue weighted by Crippen LogP contribution is -2.39. The molecule has 0 saturated heterocycles. The van der Waals surface area contributed by atoms with Gasteiger partial charge in [0.05, 0.1) is 28.5 Å². The molecular weight excluding hydrogens is 386 g/mol. The monoisotopic (exact) mass is 405 g/mol. The molecule has 29 heavy (non-hydrogen) atoms. The van der Waals surface area contributed by atoms with E-state index in [1.165, 1.54) is 11.3 Å². The van der Waals surface area contributed by atoms with E-state index >= 15 is 0 Å². The van der Waals surface area contributed by atoms with Crippen molar-refractivity contribution in [3.63, 3.8) is 0 Å². The Morgan fingerprint density at radius 2 is 2.03 bits per heavy atom. The average molecular weight is 405 g/mol. The lowest BCUT2D eigenvalue weighted by Gasteiger charge is -2.24. The number of carbonyl (C=O) groups is 1. The fourth-order valence-corrected chi connectivity index (χ4v) is 4.40. The van der Waals surface area contributed by atoms with Crippen molar-refractivity contribution >= 4 is 23.4 Å². The van der Waals surface area contributed by atoms with Crippen molar-refractivity contribution in [2.45, 2.75) is 19.9 Å². The van der Waals surface area contributed by atoms with Gasteiger partial charge in [-0.05, 0) is 37.1 Å². The number of esters is 1. The van der Waals surface area contributed by atoms with Crippen molar-refractivity contribution < 1.29 is 9.53 Å². The first kappa shape index (κ1) is 19.0. The van der Waals surface area contributed by atoms with Gasteiger partial charge in [0.1, 0.15) is 0 Å². The standard InChI is InChI=1S/C22H19N3O3S/c1-3-28-21(27)18-14(2)24-22-25(19(18)16-9-5-4-6-10-16)20(26)17(29-22)12-15-8-7-11-23-13-15/h4-13,19H,3H2,1-2H3/b17-12+. The first-order valence-electron chi connectivity index (χ1n) is 9.24. The molecular formula is C22H19N3O3S. The molecule has 0 N–H and O–H groups in total. The molecule has 1 aliphatic rings. The summed E-state index contributed by atoms with van der Waals surface area (Å²) in [6.45, 7) is 3.79. The third-order valence-corrected chi connectivity index (χ3v) is 5.60. The zero-order valence-corrected chi connectivity index (χ0v) is 16.8. The van der Waals surface area contributed by atoms with Crippen LogP contribution in [0.25, 0.3) is 6.08 Å². The first-order valence-corrected chi connectivity index (χ1v) is 10.1. The second-order valence-electron chi connectivity index (χ2n) is 6.50. The van der Waals surface area contributed by atoms with Gasteiger partial charge in [0.25, 0.3) is 5.56 Å². The molecule has 0 saturated carbocycles. The van der Waals surface area contributed by atoms with Crippen LogP contribution in [0.3, 0.4) is 0 Å². The van der Waals surface area contributed by atoms with E-state index in [9.17, 15) is 9.59 Å². The van der Waals surface area contributed by atoms with Crippen molar-refractivity contribution in [3.8, 4) is 0 Å². The molecule has 6 nitrogen and oxygen atoms in total. The highest BCUT2D eigenvalue weighted by Crippen LogP contribution is 2.30. The smallest absolute Gasteiger partial charge is 0.338 e. The predicted octanol–water partition coefficient (Wildman–Crippen LogP) is 2.19. The molecule has 0 amide bonds. The van der Waals surface area contributed by atoms with Crippen LogP contribution in [0.15, 0.2) is 75.9 Å². The highest BCUT2D eigenvalue weighted by molar-refractivity contribution is 7.07. The Labute approximate surface area is 171 Å². The second kappa shape index (κ2) is 7.97. The lowest BCUT2D eigenvalue weighted by atomic mass is 9.96. The largest absolute Gasteiger partial charge is 0.463 e. The number of aromatic nitrogens is 2. The number of hydrogen-bond acceptors (Lipinski definition) is 6. The van der Waals surface area contributed by atoms with Crippen molar-refractivity contribution in [3.05, 3.63) is 96.9 Å². The number of pyridine rings is 1. The first-order chi connectivity index (χ1) is 14.1. The molecule has 1 aliphatic heterocycles. The summed E-state index contributed by atoms with van der Waals surface area (Å²) in [7, 11) is 0. The number of hydrogen-bond donors (Lipinski definition) is 0. The van der Waals surface area contributed by atoms with Gasteiger partial charge in [-0.1, -0.05) is 47.7 Å². The van der Waals surface area contributed by atoms with Crippen molar-refractivity contribution in [2.24, 2.45) is 4.99 Å². The van der Waals surface area contributed by atoms with E-state index in [1.54, 1.807) is 36.9 Å². The Morgan fingerprint density at radius 1 is 1.24 bits per heavy atom. The number of benzene rings is 1. The zero-order valence-electron chi connectivity index (χ0n) is 16.0. The third kappa shape index (κ3) is 3.56. The van der Waals surface area contributed by atoms with E-state index in [0.29, 0.717) is 20.6 Å². The number of rotatable bonds is 4. The summed E-state index contributed by atoms with van der Waals surface area (Å²) in [5, 5.41) is 0. The van der Waals surface area contributed by atoms with Crippen LogP contribution in [0, 0.1) is 0 Å². The molecule has 1 unspecified atom stereocenters. The molecule has 7 heteroatoms. The highest BCUT2D eigenvalue weighted by Gasteiger charge is 2.33. The van der Waals surface area contributed by atoms with E-state index in [1.807, 2.05) is 42.5 Å². The van der Waals surface area contributed by atoms with Crippen LogP contribution >= 0.6 is 11.3 Å². The molecule has 0 aliphatic carbocycles. The molecule has 4 rings (SSSR count). The molecule has 0 spiro atoms. The summed E-state index contributed by atoms with van der Waals surface area (Å²) < 4.78 is 7.40. The SMILES string of the molecule is CCOC(=O)C1=C(C)N=c2s/c(=C/c3cccnc3)c(=O)n2C1c1ccccc1. The topological polar surface area (TPSA) is 73.6 Å². The van der Waals surface area contributed by atoms with Gasteiger partial charge >= 0.3 is 5.97 Å². The Kier molecular flexibility index (Phi) is 5.22. The Morgan fingerprint density at radius 3 is 2.72 bits per heavy atom.